The van der Waals surface area contributed by atoms with Crippen LogP contribution >= 0.6 is 0 Å². The van der Waals surface area contributed by atoms with Crippen molar-refractivity contribution in [2.24, 2.45) is 6.98 Å². The molecule has 0 bridgehead atoms. The van der Waals surface area contributed by atoms with E-state index in [1.807, 2.05) is 0 Å². The number of alkyl halides is 1. The summed E-state index contributed by atoms with van der Waals surface area (Å²) >= 11 is 0. The van der Waals surface area contributed by atoms with Gasteiger partial charge >= 0.3 is 5.69 Å². The number of hydrogen-bond acceptors (Lipinski definition) is 3. The lowest BCUT2D eigenvalue weighted by Gasteiger charge is -2.14. The Bertz CT molecular complexity index is 969. The first kappa shape index (κ1) is 11.6. The van der Waals surface area contributed by atoms with E-state index in [-0.39, 0.29) is 30.6 Å². The van der Waals surface area contributed by atoms with Gasteiger partial charge in [-0.1, -0.05) is 6.92 Å². The molecule has 0 aromatic carbocycles. The number of nitrogens with zero attached hydrogens (tertiary/aromatic N) is 4. The quantitative estimate of drug-likeness (QED) is 0.732. The number of halogens is 1. The minimum Gasteiger partial charge on any atom is -0.325 e. The molecule has 2 heterocycles. The zero-order valence-corrected chi connectivity index (χ0v) is 13.6. The lowest BCUT2D eigenvalue weighted by molar-refractivity contribution is 0.195. The SMILES string of the molecule is [2H]C([2H])([2H])n1c(=O)n(CCCCC(C)(C)F)c(=O)c2c1ncn2C([2H])([2H])CC. The third kappa shape index (κ3) is 3.71. The van der Waals surface area contributed by atoms with Crippen LogP contribution in [0.4, 0.5) is 4.39 Å². The van der Waals surface area contributed by atoms with Crippen molar-refractivity contribution in [1.82, 2.24) is 18.7 Å². The molecule has 0 saturated carbocycles. The van der Waals surface area contributed by atoms with Crippen molar-refractivity contribution >= 4 is 11.2 Å². The smallest absolute Gasteiger partial charge is 0.325 e. The van der Waals surface area contributed by atoms with E-state index in [0.717, 1.165) is 15.5 Å². The van der Waals surface area contributed by atoms with Crippen molar-refractivity contribution in [2.45, 2.75) is 65.2 Å². The van der Waals surface area contributed by atoms with Gasteiger partial charge < -0.3 is 4.57 Å². The average molecular weight is 329 g/mol. The number of aryl methyl sites for hydroxylation is 2. The summed E-state index contributed by atoms with van der Waals surface area (Å²) in [7, 11) is 0. The first-order valence-corrected chi connectivity index (χ1v) is 7.63. The first-order chi connectivity index (χ1) is 12.7. The molecule has 0 N–H and O–H groups in total. The highest BCUT2D eigenvalue weighted by Crippen LogP contribution is 2.17. The van der Waals surface area contributed by atoms with E-state index in [4.69, 9.17) is 6.85 Å². The Hall–Kier alpha value is -1.92. The summed E-state index contributed by atoms with van der Waals surface area (Å²) in [6, 6.07) is 0. The van der Waals surface area contributed by atoms with Crippen LogP contribution in [0.2, 0.25) is 0 Å². The van der Waals surface area contributed by atoms with Crippen LogP contribution in [-0.2, 0) is 20.0 Å². The number of rotatable bonds is 7. The van der Waals surface area contributed by atoms with Gasteiger partial charge in [-0.05, 0) is 39.5 Å². The van der Waals surface area contributed by atoms with Crippen LogP contribution in [0.1, 0.15) is 53.3 Å². The maximum atomic E-state index is 13.6. The van der Waals surface area contributed by atoms with Crippen molar-refractivity contribution in [2.75, 3.05) is 0 Å². The lowest BCUT2D eigenvalue weighted by Crippen LogP contribution is -2.39. The summed E-state index contributed by atoms with van der Waals surface area (Å²) in [5.74, 6) is 0. The Morgan fingerprint density at radius 2 is 2.13 bits per heavy atom. The third-order valence-electron chi connectivity index (χ3n) is 3.56. The molecule has 0 fully saturated rings. The Balaban J connectivity index is 2.66. The maximum Gasteiger partial charge on any atom is 0.332 e. The standard InChI is InChI=1S/C16H25FN4O2/c1-5-9-20-11-18-13-12(20)14(22)21(15(23)19(13)4)10-7-6-8-16(2,3)17/h11H,5-10H2,1-4H3/i4D3,9D2. The zero-order chi connectivity index (χ0) is 21.5. The summed E-state index contributed by atoms with van der Waals surface area (Å²) in [5, 5.41) is 0. The second-order valence-corrected chi connectivity index (χ2v) is 6.05. The molecule has 2 aromatic heterocycles. The average Bonchev–Trinajstić information content (AvgIpc) is 2.97. The van der Waals surface area contributed by atoms with E-state index in [1.165, 1.54) is 13.8 Å². The van der Waals surface area contributed by atoms with Crippen LogP contribution in [0.25, 0.3) is 11.2 Å². The second kappa shape index (κ2) is 6.68. The number of imidazole rings is 1. The highest BCUT2D eigenvalue weighted by molar-refractivity contribution is 5.69. The van der Waals surface area contributed by atoms with Crippen molar-refractivity contribution in [1.29, 1.82) is 0 Å². The normalized spacial score (nSPS) is 16.6. The molecule has 0 aliphatic carbocycles. The van der Waals surface area contributed by atoms with Crippen molar-refractivity contribution in [3.63, 3.8) is 0 Å². The summed E-state index contributed by atoms with van der Waals surface area (Å²) in [6.07, 6.45) is 1.97. The Kier molecular flexibility index (Phi) is 3.37. The van der Waals surface area contributed by atoms with E-state index in [1.54, 1.807) is 6.92 Å². The molecule has 2 aromatic rings. The minimum atomic E-state index is -2.90. The van der Waals surface area contributed by atoms with Gasteiger partial charge in [0.05, 0.1) is 6.33 Å². The molecule has 128 valence electrons. The van der Waals surface area contributed by atoms with E-state index in [2.05, 4.69) is 4.98 Å². The molecular weight excluding hydrogens is 299 g/mol. The monoisotopic (exact) mass is 329 g/mol. The molecule has 23 heavy (non-hydrogen) atoms. The summed E-state index contributed by atoms with van der Waals surface area (Å²) in [4.78, 5) is 29.5. The molecule has 6 nitrogen and oxygen atoms in total. The fourth-order valence-electron chi connectivity index (χ4n) is 2.43. The van der Waals surface area contributed by atoms with Crippen molar-refractivity contribution in [3.8, 4) is 0 Å². The van der Waals surface area contributed by atoms with Crippen LogP contribution in [-0.4, -0.2) is 24.4 Å². The van der Waals surface area contributed by atoms with Crippen molar-refractivity contribution in [3.05, 3.63) is 27.2 Å². The first-order valence-electron chi connectivity index (χ1n) is 10.1. The molecule has 0 atom stereocenters. The molecule has 0 aliphatic rings. The van der Waals surface area contributed by atoms with Gasteiger partial charge in [0.2, 0.25) is 0 Å². The molecule has 0 saturated heterocycles. The lowest BCUT2D eigenvalue weighted by atomic mass is 10.0. The predicted octanol–water partition coefficient (Wildman–Crippen LogP) is 2.23. The Morgan fingerprint density at radius 3 is 2.74 bits per heavy atom. The molecule has 0 unspecified atom stereocenters. The van der Waals surface area contributed by atoms with E-state index in [9.17, 15) is 14.0 Å². The number of fused-ring (bicyclic) bond motifs is 1. The second-order valence-electron chi connectivity index (χ2n) is 6.05. The maximum absolute atomic E-state index is 13.6. The van der Waals surface area contributed by atoms with Gasteiger partial charge in [-0.15, -0.1) is 0 Å². The topological polar surface area (TPSA) is 61.8 Å². The van der Waals surface area contributed by atoms with E-state index < -0.39 is 30.4 Å². The van der Waals surface area contributed by atoms with Gasteiger partial charge in [0.15, 0.2) is 11.2 Å². The summed E-state index contributed by atoms with van der Waals surface area (Å²) in [5.41, 5.74) is -3.90. The fraction of sp³-hybridized carbons (Fsp3) is 0.688. The van der Waals surface area contributed by atoms with Gasteiger partial charge in [0.1, 0.15) is 5.67 Å². The molecule has 0 radical (unpaired) electrons. The minimum absolute atomic E-state index is 0.0103. The van der Waals surface area contributed by atoms with E-state index >= 15 is 0 Å². The van der Waals surface area contributed by atoms with Gasteiger partial charge in [-0.2, -0.15) is 0 Å². The molecule has 0 spiro atoms. The van der Waals surface area contributed by atoms with Crippen LogP contribution < -0.4 is 11.2 Å². The van der Waals surface area contributed by atoms with Gasteiger partial charge in [-0.25, -0.2) is 14.2 Å². The highest BCUT2D eigenvalue weighted by Gasteiger charge is 2.17. The Morgan fingerprint density at radius 1 is 1.39 bits per heavy atom. The van der Waals surface area contributed by atoms with Gasteiger partial charge in [0.25, 0.3) is 5.56 Å². The third-order valence-corrected chi connectivity index (χ3v) is 3.56. The van der Waals surface area contributed by atoms with Crippen LogP contribution in [0.15, 0.2) is 15.9 Å². The van der Waals surface area contributed by atoms with Gasteiger partial charge in [0, 0.05) is 26.9 Å². The molecule has 7 heteroatoms. The molecule has 0 aliphatic heterocycles. The molecule has 2 rings (SSSR count). The van der Waals surface area contributed by atoms with Crippen LogP contribution in [0, 0.1) is 0 Å². The van der Waals surface area contributed by atoms with E-state index in [0.29, 0.717) is 17.4 Å². The van der Waals surface area contributed by atoms with Crippen LogP contribution in [0.3, 0.4) is 0 Å². The summed E-state index contributed by atoms with van der Waals surface area (Å²) < 4.78 is 54.9. The predicted molar refractivity (Wildman–Crippen MR) is 88.6 cm³/mol. The number of aromatic nitrogens is 4. The number of hydrogen-bond donors (Lipinski definition) is 0. The number of unbranched alkanes of at least 4 members (excludes halogenated alkanes) is 1. The molecular formula is C16H25FN4O2. The Labute approximate surface area is 141 Å². The largest absolute Gasteiger partial charge is 0.332 e. The van der Waals surface area contributed by atoms with Crippen molar-refractivity contribution < 1.29 is 11.2 Å². The zero-order valence-electron chi connectivity index (χ0n) is 18.6. The van der Waals surface area contributed by atoms with Crippen LogP contribution in [0.5, 0.6) is 0 Å². The molecule has 0 amide bonds. The fourth-order valence-corrected chi connectivity index (χ4v) is 2.43. The van der Waals surface area contributed by atoms with Gasteiger partial charge in [-0.3, -0.25) is 13.9 Å². The highest BCUT2D eigenvalue weighted by atomic mass is 19.1. The summed E-state index contributed by atoms with van der Waals surface area (Å²) in [6.45, 7) is -0.551.